The number of amides is 1. The molecule has 1 unspecified atom stereocenters. The zero-order valence-corrected chi connectivity index (χ0v) is 11.4. The van der Waals surface area contributed by atoms with Gasteiger partial charge in [-0.15, -0.1) is 0 Å². The minimum absolute atomic E-state index is 0.302. The number of carbonyl (C=O) groups excluding carboxylic acids is 1. The minimum Gasteiger partial charge on any atom is -0.356 e. The molecule has 2 rings (SSSR count). The molecule has 1 heterocycles. The summed E-state index contributed by atoms with van der Waals surface area (Å²) in [5, 5.41) is 6.48. The normalized spacial score (nSPS) is 26.9. The Kier molecular flexibility index (Phi) is 3.48. The van der Waals surface area contributed by atoms with Crippen molar-refractivity contribution in [1.82, 2.24) is 10.6 Å². The lowest BCUT2D eigenvalue weighted by Crippen LogP contribution is -2.34. The molecular formula is C14H26N2O. The molecule has 0 radical (unpaired) electrons. The van der Waals surface area contributed by atoms with Crippen molar-refractivity contribution in [3.8, 4) is 0 Å². The van der Waals surface area contributed by atoms with Crippen molar-refractivity contribution in [3.05, 3.63) is 0 Å². The zero-order chi connectivity index (χ0) is 12.5. The Morgan fingerprint density at radius 3 is 2.59 bits per heavy atom. The van der Waals surface area contributed by atoms with Gasteiger partial charge in [0.1, 0.15) is 0 Å². The van der Waals surface area contributed by atoms with Crippen molar-refractivity contribution in [2.45, 2.75) is 46.5 Å². The van der Waals surface area contributed by atoms with E-state index in [0.29, 0.717) is 22.7 Å². The van der Waals surface area contributed by atoms with Gasteiger partial charge in [-0.25, -0.2) is 0 Å². The average Bonchev–Trinajstić information content (AvgIpc) is 2.91. The van der Waals surface area contributed by atoms with E-state index < -0.39 is 0 Å². The van der Waals surface area contributed by atoms with Crippen LogP contribution in [0.4, 0.5) is 0 Å². The smallest absolute Gasteiger partial charge is 0.223 e. The summed E-state index contributed by atoms with van der Waals surface area (Å²) in [7, 11) is 0. The highest BCUT2D eigenvalue weighted by Gasteiger charge is 2.57. The Morgan fingerprint density at radius 2 is 2.00 bits per heavy atom. The zero-order valence-electron chi connectivity index (χ0n) is 11.4. The van der Waals surface area contributed by atoms with Crippen molar-refractivity contribution in [3.63, 3.8) is 0 Å². The van der Waals surface area contributed by atoms with Crippen LogP contribution in [0.25, 0.3) is 0 Å². The van der Waals surface area contributed by atoms with Crippen LogP contribution in [0, 0.1) is 16.7 Å². The highest BCUT2D eigenvalue weighted by molar-refractivity contribution is 5.82. The Morgan fingerprint density at radius 1 is 1.35 bits per heavy atom. The quantitative estimate of drug-likeness (QED) is 0.789. The highest BCUT2D eigenvalue weighted by atomic mass is 16.2. The van der Waals surface area contributed by atoms with E-state index in [-0.39, 0.29) is 0 Å². The highest BCUT2D eigenvalue weighted by Crippen LogP contribution is 2.58. The summed E-state index contributed by atoms with van der Waals surface area (Å²) >= 11 is 0. The summed E-state index contributed by atoms with van der Waals surface area (Å²) in [4.78, 5) is 12.0. The van der Waals surface area contributed by atoms with Crippen LogP contribution in [-0.4, -0.2) is 25.5 Å². The van der Waals surface area contributed by atoms with E-state index in [1.165, 1.54) is 12.8 Å². The second kappa shape index (κ2) is 4.60. The molecule has 1 saturated heterocycles. The average molecular weight is 238 g/mol. The molecule has 2 N–H and O–H groups in total. The molecule has 3 heteroatoms. The van der Waals surface area contributed by atoms with E-state index >= 15 is 0 Å². The molecule has 1 saturated carbocycles. The largest absolute Gasteiger partial charge is 0.356 e. The second-order valence-electron chi connectivity index (χ2n) is 6.97. The maximum absolute atomic E-state index is 12.0. The van der Waals surface area contributed by atoms with E-state index in [1.807, 2.05) is 0 Å². The first-order valence-electron chi connectivity index (χ1n) is 6.91. The molecule has 1 aliphatic carbocycles. The van der Waals surface area contributed by atoms with Crippen LogP contribution >= 0.6 is 0 Å². The lowest BCUT2D eigenvalue weighted by molar-refractivity contribution is -0.123. The fourth-order valence-corrected chi connectivity index (χ4v) is 2.88. The van der Waals surface area contributed by atoms with Crippen molar-refractivity contribution >= 4 is 5.91 Å². The Bertz CT molecular complexity index is 287. The van der Waals surface area contributed by atoms with Crippen LogP contribution in [0.1, 0.15) is 46.5 Å². The Labute approximate surface area is 105 Å². The van der Waals surface area contributed by atoms with Crippen molar-refractivity contribution in [2.24, 2.45) is 16.7 Å². The van der Waals surface area contributed by atoms with Crippen molar-refractivity contribution in [1.29, 1.82) is 0 Å². The number of hydrogen-bond acceptors (Lipinski definition) is 2. The molecule has 1 aliphatic heterocycles. The van der Waals surface area contributed by atoms with Gasteiger partial charge in [0.2, 0.25) is 5.91 Å². The fraction of sp³-hybridized carbons (Fsp3) is 0.929. The van der Waals surface area contributed by atoms with E-state index in [2.05, 4.69) is 31.4 Å². The summed E-state index contributed by atoms with van der Waals surface area (Å²) in [6.07, 6.45) is 4.55. The topological polar surface area (TPSA) is 41.1 Å². The lowest BCUT2D eigenvalue weighted by atomic mass is 9.91. The second-order valence-corrected chi connectivity index (χ2v) is 6.97. The number of carbonyl (C=O) groups is 1. The van der Waals surface area contributed by atoms with Crippen LogP contribution in [0.15, 0.2) is 0 Å². The summed E-state index contributed by atoms with van der Waals surface area (Å²) in [5.41, 5.74) is 0.681. The van der Waals surface area contributed by atoms with Gasteiger partial charge in [0.25, 0.3) is 0 Å². The van der Waals surface area contributed by atoms with Crippen molar-refractivity contribution < 1.29 is 4.79 Å². The number of nitrogens with one attached hydrogen (secondary N) is 2. The Balaban J connectivity index is 1.71. The van der Waals surface area contributed by atoms with Crippen LogP contribution in [0.5, 0.6) is 0 Å². The predicted octanol–water partition coefficient (Wildman–Crippen LogP) is 1.93. The molecule has 0 bridgehead atoms. The molecule has 98 valence electrons. The summed E-state index contributed by atoms with van der Waals surface area (Å²) in [6, 6.07) is 0. The van der Waals surface area contributed by atoms with Crippen molar-refractivity contribution in [2.75, 3.05) is 19.6 Å². The van der Waals surface area contributed by atoms with Gasteiger partial charge in [0.15, 0.2) is 0 Å². The van der Waals surface area contributed by atoms with E-state index in [0.717, 1.165) is 32.5 Å². The van der Waals surface area contributed by atoms with Gasteiger partial charge in [-0.1, -0.05) is 20.8 Å². The molecule has 3 nitrogen and oxygen atoms in total. The first kappa shape index (κ1) is 12.9. The van der Waals surface area contributed by atoms with Crippen LogP contribution in [0.3, 0.4) is 0 Å². The lowest BCUT2D eigenvalue weighted by Gasteiger charge is -2.23. The number of piperidine rings is 1. The van der Waals surface area contributed by atoms with Gasteiger partial charge in [0, 0.05) is 12.5 Å². The van der Waals surface area contributed by atoms with Crippen LogP contribution < -0.4 is 10.6 Å². The maximum Gasteiger partial charge on any atom is 0.223 e. The summed E-state index contributed by atoms with van der Waals surface area (Å²) in [6.45, 7) is 9.64. The Hall–Kier alpha value is -0.570. The summed E-state index contributed by atoms with van der Waals surface area (Å²) in [5.74, 6) is 0.612. The van der Waals surface area contributed by atoms with Gasteiger partial charge in [-0.3, -0.25) is 4.79 Å². The predicted molar refractivity (Wildman–Crippen MR) is 69.7 cm³/mol. The van der Waals surface area contributed by atoms with Crippen LogP contribution in [-0.2, 0) is 4.79 Å². The first-order valence-corrected chi connectivity index (χ1v) is 6.91. The number of rotatable bonds is 3. The molecule has 0 aromatic heterocycles. The number of hydrogen-bond donors (Lipinski definition) is 2. The standard InChI is InChI=1S/C14H26N2O/c1-13(2,3)4-9-16-12(17)11-10-14(11)5-7-15-8-6-14/h11,15H,4-10H2,1-3H3,(H,16,17). The van der Waals surface area contributed by atoms with Gasteiger partial charge >= 0.3 is 0 Å². The van der Waals surface area contributed by atoms with E-state index in [1.54, 1.807) is 0 Å². The van der Waals surface area contributed by atoms with Gasteiger partial charge in [-0.05, 0) is 49.6 Å². The van der Waals surface area contributed by atoms with Gasteiger partial charge < -0.3 is 10.6 Å². The first-order chi connectivity index (χ1) is 7.93. The third-order valence-electron chi connectivity index (χ3n) is 4.28. The molecule has 1 amide bonds. The van der Waals surface area contributed by atoms with E-state index in [4.69, 9.17) is 0 Å². The third kappa shape index (κ3) is 3.21. The van der Waals surface area contributed by atoms with Crippen LogP contribution in [0.2, 0.25) is 0 Å². The minimum atomic E-state index is 0.302. The molecule has 0 aromatic carbocycles. The van der Waals surface area contributed by atoms with E-state index in [9.17, 15) is 4.79 Å². The molecule has 0 aromatic rings. The third-order valence-corrected chi connectivity index (χ3v) is 4.28. The molecule has 2 aliphatic rings. The van der Waals surface area contributed by atoms with Gasteiger partial charge in [-0.2, -0.15) is 0 Å². The maximum atomic E-state index is 12.0. The summed E-state index contributed by atoms with van der Waals surface area (Å²) < 4.78 is 0. The SMILES string of the molecule is CC(C)(C)CCNC(=O)C1CC12CCNCC2. The molecular weight excluding hydrogens is 212 g/mol. The monoisotopic (exact) mass is 238 g/mol. The molecule has 2 fully saturated rings. The molecule has 17 heavy (non-hydrogen) atoms. The van der Waals surface area contributed by atoms with Gasteiger partial charge in [0.05, 0.1) is 0 Å². The molecule has 1 spiro atoms. The molecule has 1 atom stereocenters. The fourth-order valence-electron chi connectivity index (χ4n) is 2.88.